The number of benzene rings is 1. The summed E-state index contributed by atoms with van der Waals surface area (Å²) in [5.41, 5.74) is 9.68. The molecule has 0 saturated carbocycles. The summed E-state index contributed by atoms with van der Waals surface area (Å²) in [5, 5.41) is 3.15. The maximum absolute atomic E-state index is 12.0. The topological polar surface area (TPSA) is 64.3 Å². The van der Waals surface area contributed by atoms with E-state index >= 15 is 0 Å². The maximum atomic E-state index is 12.0. The summed E-state index contributed by atoms with van der Waals surface area (Å²) in [6, 6.07) is 4.34. The molecule has 1 aliphatic rings. The lowest BCUT2D eigenvalue weighted by atomic mass is 9.91. The van der Waals surface area contributed by atoms with Crippen LogP contribution in [0.1, 0.15) is 75.2 Å². The van der Waals surface area contributed by atoms with Crippen molar-refractivity contribution < 1.29 is 9.53 Å². The van der Waals surface area contributed by atoms with Crippen LogP contribution in [-0.4, -0.2) is 12.5 Å². The Labute approximate surface area is 133 Å². The standard InChI is InChI=1S/C18H28N2O2/c1-4-7-17(21)20-16-8-9-22-18-13(15(19)6-3)10-12(5-2)11-14(16)18/h10-11,15-16H,4-9,19H2,1-3H3,(H,20,21). The summed E-state index contributed by atoms with van der Waals surface area (Å²) in [4.78, 5) is 12.0. The lowest BCUT2D eigenvalue weighted by Crippen LogP contribution is -2.32. The van der Waals surface area contributed by atoms with E-state index in [1.165, 1.54) is 5.56 Å². The van der Waals surface area contributed by atoms with Gasteiger partial charge >= 0.3 is 0 Å². The summed E-state index contributed by atoms with van der Waals surface area (Å²) in [7, 11) is 0. The Hall–Kier alpha value is -1.55. The third-order valence-electron chi connectivity index (χ3n) is 4.29. The number of fused-ring (bicyclic) bond motifs is 1. The summed E-state index contributed by atoms with van der Waals surface area (Å²) in [6.07, 6.45) is 4.07. The van der Waals surface area contributed by atoms with E-state index in [1.807, 2.05) is 6.92 Å². The van der Waals surface area contributed by atoms with Gasteiger partial charge in [-0.2, -0.15) is 0 Å². The van der Waals surface area contributed by atoms with Crippen LogP contribution < -0.4 is 15.8 Å². The number of nitrogens with two attached hydrogens (primary N) is 1. The number of aryl methyl sites for hydroxylation is 1. The number of hydrogen-bond donors (Lipinski definition) is 2. The molecule has 0 aliphatic carbocycles. The smallest absolute Gasteiger partial charge is 0.220 e. The van der Waals surface area contributed by atoms with Crippen LogP contribution in [0.5, 0.6) is 5.75 Å². The van der Waals surface area contributed by atoms with Gasteiger partial charge in [0.1, 0.15) is 5.75 Å². The Balaban J connectivity index is 2.38. The molecule has 4 nitrogen and oxygen atoms in total. The van der Waals surface area contributed by atoms with Crippen molar-refractivity contribution >= 4 is 5.91 Å². The highest BCUT2D eigenvalue weighted by Gasteiger charge is 2.27. The first kappa shape index (κ1) is 16.8. The lowest BCUT2D eigenvalue weighted by Gasteiger charge is -2.30. The molecule has 3 N–H and O–H groups in total. The first-order valence-corrected chi connectivity index (χ1v) is 8.45. The summed E-state index contributed by atoms with van der Waals surface area (Å²) >= 11 is 0. The minimum absolute atomic E-state index is 0.0228. The van der Waals surface area contributed by atoms with Crippen molar-refractivity contribution in [2.75, 3.05) is 6.61 Å². The molecule has 2 unspecified atom stereocenters. The molecular weight excluding hydrogens is 276 g/mol. The van der Waals surface area contributed by atoms with Gasteiger partial charge in [0.25, 0.3) is 0 Å². The zero-order valence-corrected chi connectivity index (χ0v) is 13.9. The monoisotopic (exact) mass is 304 g/mol. The van der Waals surface area contributed by atoms with E-state index in [-0.39, 0.29) is 18.0 Å². The predicted molar refractivity (Wildman–Crippen MR) is 88.9 cm³/mol. The fraction of sp³-hybridized carbons (Fsp3) is 0.611. The van der Waals surface area contributed by atoms with Gasteiger partial charge in [-0.1, -0.05) is 32.9 Å². The number of nitrogens with one attached hydrogen (secondary N) is 1. The molecular formula is C18H28N2O2. The molecule has 1 amide bonds. The predicted octanol–water partition coefficient (Wildman–Crippen LogP) is 3.40. The molecule has 1 heterocycles. The highest BCUT2D eigenvalue weighted by molar-refractivity contribution is 5.76. The molecule has 2 rings (SSSR count). The second kappa shape index (κ2) is 7.63. The van der Waals surface area contributed by atoms with E-state index in [4.69, 9.17) is 10.5 Å². The average Bonchev–Trinajstić information content (AvgIpc) is 2.53. The van der Waals surface area contributed by atoms with Crippen LogP contribution in [0, 0.1) is 0 Å². The molecule has 22 heavy (non-hydrogen) atoms. The van der Waals surface area contributed by atoms with Crippen LogP contribution in [0.2, 0.25) is 0 Å². The van der Waals surface area contributed by atoms with Gasteiger partial charge in [0.05, 0.1) is 12.6 Å². The van der Waals surface area contributed by atoms with E-state index in [9.17, 15) is 4.79 Å². The second-order valence-electron chi connectivity index (χ2n) is 5.98. The van der Waals surface area contributed by atoms with E-state index in [0.717, 1.165) is 42.6 Å². The molecule has 2 atom stereocenters. The number of amides is 1. The molecule has 1 aliphatic heterocycles. The highest BCUT2D eigenvalue weighted by Crippen LogP contribution is 2.39. The van der Waals surface area contributed by atoms with Crippen molar-refractivity contribution in [1.82, 2.24) is 5.32 Å². The van der Waals surface area contributed by atoms with Crippen LogP contribution in [0.25, 0.3) is 0 Å². The van der Waals surface area contributed by atoms with Gasteiger partial charge in [0, 0.05) is 30.0 Å². The second-order valence-corrected chi connectivity index (χ2v) is 5.98. The van der Waals surface area contributed by atoms with Gasteiger partial charge in [0.2, 0.25) is 5.91 Å². The lowest BCUT2D eigenvalue weighted by molar-refractivity contribution is -0.122. The van der Waals surface area contributed by atoms with Crippen LogP contribution in [-0.2, 0) is 11.2 Å². The number of carbonyl (C=O) groups is 1. The SMILES string of the molecule is CCCC(=O)NC1CCOc2c(C(N)CC)cc(CC)cc21. The van der Waals surface area contributed by atoms with Crippen molar-refractivity contribution in [2.45, 2.75) is 65.0 Å². The van der Waals surface area contributed by atoms with Crippen molar-refractivity contribution in [3.8, 4) is 5.75 Å². The van der Waals surface area contributed by atoms with Gasteiger partial charge in [-0.25, -0.2) is 0 Å². The van der Waals surface area contributed by atoms with E-state index in [1.54, 1.807) is 0 Å². The molecule has 0 aromatic heterocycles. The normalized spacial score (nSPS) is 18.3. The Morgan fingerprint density at radius 1 is 1.41 bits per heavy atom. The Morgan fingerprint density at radius 3 is 2.82 bits per heavy atom. The molecule has 0 spiro atoms. The zero-order chi connectivity index (χ0) is 16.1. The number of carbonyl (C=O) groups excluding carboxylic acids is 1. The average molecular weight is 304 g/mol. The van der Waals surface area contributed by atoms with Crippen molar-refractivity contribution in [1.29, 1.82) is 0 Å². The maximum Gasteiger partial charge on any atom is 0.220 e. The van der Waals surface area contributed by atoms with Crippen LogP contribution in [0.4, 0.5) is 0 Å². The Kier molecular flexibility index (Phi) is 5.83. The van der Waals surface area contributed by atoms with Crippen molar-refractivity contribution in [2.24, 2.45) is 5.73 Å². The van der Waals surface area contributed by atoms with Gasteiger partial charge in [-0.3, -0.25) is 4.79 Å². The molecule has 1 aromatic rings. The molecule has 0 saturated heterocycles. The minimum Gasteiger partial charge on any atom is -0.493 e. The van der Waals surface area contributed by atoms with Crippen LogP contribution in [0.3, 0.4) is 0 Å². The van der Waals surface area contributed by atoms with Gasteiger partial charge in [-0.15, -0.1) is 0 Å². The highest BCUT2D eigenvalue weighted by atomic mass is 16.5. The van der Waals surface area contributed by atoms with Gasteiger partial charge < -0.3 is 15.8 Å². The molecule has 122 valence electrons. The quantitative estimate of drug-likeness (QED) is 0.846. The van der Waals surface area contributed by atoms with Crippen LogP contribution >= 0.6 is 0 Å². The van der Waals surface area contributed by atoms with Gasteiger partial charge in [-0.05, 0) is 24.8 Å². The first-order valence-electron chi connectivity index (χ1n) is 8.45. The summed E-state index contributed by atoms with van der Waals surface area (Å²) in [6.45, 7) is 6.86. The third-order valence-corrected chi connectivity index (χ3v) is 4.29. The molecule has 1 aromatic carbocycles. The molecule has 0 radical (unpaired) electrons. The third kappa shape index (κ3) is 3.61. The van der Waals surface area contributed by atoms with E-state index in [0.29, 0.717) is 13.0 Å². The fourth-order valence-corrected chi connectivity index (χ4v) is 2.94. The minimum atomic E-state index is -0.0228. The number of rotatable bonds is 6. The first-order chi connectivity index (χ1) is 10.6. The van der Waals surface area contributed by atoms with Gasteiger partial charge in [0.15, 0.2) is 0 Å². The Morgan fingerprint density at radius 2 is 2.18 bits per heavy atom. The van der Waals surface area contributed by atoms with Crippen LogP contribution in [0.15, 0.2) is 12.1 Å². The van der Waals surface area contributed by atoms with E-state index < -0.39 is 0 Å². The van der Waals surface area contributed by atoms with Crippen molar-refractivity contribution in [3.05, 3.63) is 28.8 Å². The number of ether oxygens (including phenoxy) is 1. The van der Waals surface area contributed by atoms with E-state index in [2.05, 4.69) is 31.3 Å². The molecule has 0 bridgehead atoms. The zero-order valence-electron chi connectivity index (χ0n) is 13.9. The summed E-state index contributed by atoms with van der Waals surface area (Å²) in [5.74, 6) is 1.00. The summed E-state index contributed by atoms with van der Waals surface area (Å²) < 4.78 is 5.92. The largest absolute Gasteiger partial charge is 0.493 e. The Bertz CT molecular complexity index is 528. The molecule has 0 fully saturated rings. The fourth-order valence-electron chi connectivity index (χ4n) is 2.94. The molecule has 4 heteroatoms. The number of hydrogen-bond acceptors (Lipinski definition) is 3. The van der Waals surface area contributed by atoms with Crippen molar-refractivity contribution in [3.63, 3.8) is 0 Å².